The maximum absolute atomic E-state index is 4.42. The molecule has 0 unspecified atom stereocenters. The van der Waals surface area contributed by atoms with Crippen LogP contribution < -0.4 is 0 Å². The molecule has 36 heavy (non-hydrogen) atoms. The normalized spacial score (nSPS) is 10.5. The molecule has 5 aromatic rings. The van der Waals surface area contributed by atoms with Crippen molar-refractivity contribution in [2.24, 2.45) is 0 Å². The molecule has 8 nitrogen and oxygen atoms in total. The number of pyridine rings is 2. The average molecular weight is 656 g/mol. The topological polar surface area (TPSA) is 95.2 Å². The van der Waals surface area contributed by atoms with Gasteiger partial charge in [0.25, 0.3) is 0 Å². The second-order valence-corrected chi connectivity index (χ2v) is 8.42. The fraction of sp³-hybridized carbons (Fsp3) is 0.222. The van der Waals surface area contributed by atoms with E-state index in [1.54, 1.807) is 12.3 Å². The van der Waals surface area contributed by atoms with E-state index in [0.717, 1.165) is 17.1 Å². The quantitative estimate of drug-likeness (QED) is 0.233. The summed E-state index contributed by atoms with van der Waals surface area (Å²) >= 11 is 0. The summed E-state index contributed by atoms with van der Waals surface area (Å²) in [5, 5.41) is 16.1. The van der Waals surface area contributed by atoms with Gasteiger partial charge in [-0.15, -0.1) is 46.1 Å². The monoisotopic (exact) mass is 656 g/mol. The third kappa shape index (κ3) is 6.71. The molecule has 0 aliphatic rings. The van der Waals surface area contributed by atoms with Gasteiger partial charge in [0.2, 0.25) is 5.82 Å². The molecule has 1 aromatic carbocycles. The van der Waals surface area contributed by atoms with E-state index < -0.39 is 0 Å². The van der Waals surface area contributed by atoms with Crippen LogP contribution in [0.4, 0.5) is 0 Å². The van der Waals surface area contributed by atoms with Crippen LogP contribution in [-0.2, 0) is 20.1 Å². The number of aromatic nitrogens is 8. The Kier molecular flexibility index (Phi) is 9.61. The van der Waals surface area contributed by atoms with Crippen molar-refractivity contribution >= 4 is 0 Å². The van der Waals surface area contributed by atoms with Gasteiger partial charge in [0.05, 0.1) is 0 Å². The minimum absolute atomic E-state index is 0. The minimum Gasteiger partial charge on any atom is -0.327 e. The van der Waals surface area contributed by atoms with Crippen LogP contribution in [0.25, 0.3) is 34.4 Å². The Morgan fingerprint density at radius 1 is 0.722 bits per heavy atom. The molecule has 4 heterocycles. The fourth-order valence-electron chi connectivity index (χ4n) is 3.32. The molecule has 0 saturated carbocycles. The van der Waals surface area contributed by atoms with E-state index in [1.807, 2.05) is 55.0 Å². The summed E-state index contributed by atoms with van der Waals surface area (Å²) in [6.07, 6.45) is 7.38. The predicted octanol–water partition coefficient (Wildman–Crippen LogP) is 5.44. The van der Waals surface area contributed by atoms with Crippen molar-refractivity contribution in [2.45, 2.75) is 39.7 Å². The molecule has 0 aliphatic heterocycles. The molecule has 0 saturated heterocycles. The van der Waals surface area contributed by atoms with Gasteiger partial charge in [-0.25, -0.2) is 4.98 Å². The van der Waals surface area contributed by atoms with E-state index in [-0.39, 0.29) is 20.1 Å². The molecular weight excluding hydrogens is 629 g/mol. The minimum atomic E-state index is 0. The zero-order valence-corrected chi connectivity index (χ0v) is 23.0. The largest absolute Gasteiger partial charge is 0.327 e. The van der Waals surface area contributed by atoms with Crippen molar-refractivity contribution < 1.29 is 20.1 Å². The van der Waals surface area contributed by atoms with Gasteiger partial charge in [0.1, 0.15) is 17.2 Å². The maximum Gasteiger partial charge on any atom is 0.220 e. The first kappa shape index (κ1) is 26.9. The summed E-state index contributed by atoms with van der Waals surface area (Å²) < 4.78 is 2.15. The molecule has 0 aliphatic carbocycles. The van der Waals surface area contributed by atoms with Crippen molar-refractivity contribution in [3.63, 3.8) is 0 Å². The smallest absolute Gasteiger partial charge is 0.220 e. The van der Waals surface area contributed by atoms with Gasteiger partial charge in [-0.2, -0.15) is 10.2 Å². The van der Waals surface area contributed by atoms with Gasteiger partial charge in [-0.05, 0) is 49.6 Å². The SMILES string of the molecule is CC(C)c1ccnc(-c2nccn2C(C)C)c1.[Ir].[c-]1ccccc1-c1nnc(-c2ccccn2)nn1. The first-order valence-corrected chi connectivity index (χ1v) is 11.5. The first-order chi connectivity index (χ1) is 17.0. The van der Waals surface area contributed by atoms with Gasteiger partial charge in [-0.3, -0.25) is 9.97 Å². The summed E-state index contributed by atoms with van der Waals surface area (Å²) in [7, 11) is 0. The molecule has 9 heteroatoms. The number of rotatable bonds is 5. The van der Waals surface area contributed by atoms with E-state index in [2.05, 4.69) is 85.8 Å². The zero-order chi connectivity index (χ0) is 24.6. The third-order valence-electron chi connectivity index (χ3n) is 5.23. The molecule has 0 atom stereocenters. The van der Waals surface area contributed by atoms with Gasteiger partial charge in [-0.1, -0.05) is 19.9 Å². The van der Waals surface area contributed by atoms with Crippen molar-refractivity contribution in [1.82, 2.24) is 39.9 Å². The molecule has 5 rings (SSSR count). The van der Waals surface area contributed by atoms with Crippen LogP contribution in [0.5, 0.6) is 0 Å². The molecular formula is C27H27IrN8-. The summed E-state index contributed by atoms with van der Waals surface area (Å²) in [5.74, 6) is 2.33. The van der Waals surface area contributed by atoms with Gasteiger partial charge in [0, 0.05) is 50.9 Å². The van der Waals surface area contributed by atoms with E-state index in [0.29, 0.717) is 29.3 Å². The van der Waals surface area contributed by atoms with Crippen LogP contribution in [0.15, 0.2) is 79.4 Å². The standard InChI is InChI=1S/C14H19N3.C13H8N5.Ir/c1-10(2)12-5-6-15-13(9-12)14-16-7-8-17(14)11(3)4;1-2-6-10(7-3-1)12-15-17-13(18-16-12)11-8-4-5-9-14-11;/h5-11H,1-4H3;1-6,8-9H;/q;-1;. The van der Waals surface area contributed by atoms with Gasteiger partial charge >= 0.3 is 0 Å². The van der Waals surface area contributed by atoms with Gasteiger partial charge < -0.3 is 4.57 Å². The molecule has 0 spiro atoms. The Hall–Kier alpha value is -3.68. The van der Waals surface area contributed by atoms with Crippen molar-refractivity contribution in [3.8, 4) is 34.4 Å². The van der Waals surface area contributed by atoms with Crippen LogP contribution in [-0.4, -0.2) is 39.9 Å². The maximum atomic E-state index is 4.42. The summed E-state index contributed by atoms with van der Waals surface area (Å²) in [4.78, 5) is 13.0. The van der Waals surface area contributed by atoms with E-state index in [1.165, 1.54) is 5.56 Å². The van der Waals surface area contributed by atoms with Crippen LogP contribution in [0.1, 0.15) is 45.2 Å². The molecule has 185 valence electrons. The van der Waals surface area contributed by atoms with E-state index in [4.69, 9.17) is 0 Å². The van der Waals surface area contributed by atoms with E-state index in [9.17, 15) is 0 Å². The Labute approximate surface area is 224 Å². The number of imidazole rings is 1. The molecule has 4 aromatic heterocycles. The summed E-state index contributed by atoms with van der Waals surface area (Å²) in [6.45, 7) is 8.68. The van der Waals surface area contributed by atoms with Gasteiger partial charge in [0.15, 0.2) is 5.82 Å². The second kappa shape index (κ2) is 12.9. The zero-order valence-electron chi connectivity index (χ0n) is 20.6. The first-order valence-electron chi connectivity index (χ1n) is 11.5. The molecule has 0 amide bonds. The third-order valence-corrected chi connectivity index (χ3v) is 5.23. The number of benzene rings is 1. The predicted molar refractivity (Wildman–Crippen MR) is 135 cm³/mol. The molecule has 0 fully saturated rings. The summed E-state index contributed by atoms with van der Waals surface area (Å²) in [5.41, 5.74) is 3.68. The van der Waals surface area contributed by atoms with Crippen LogP contribution >= 0.6 is 0 Å². The Morgan fingerprint density at radius 3 is 2.08 bits per heavy atom. The van der Waals surface area contributed by atoms with Crippen molar-refractivity contribution in [1.29, 1.82) is 0 Å². The fourth-order valence-corrected chi connectivity index (χ4v) is 3.32. The van der Waals surface area contributed by atoms with Crippen molar-refractivity contribution in [2.75, 3.05) is 0 Å². The average Bonchev–Trinajstić information content (AvgIpc) is 3.41. The van der Waals surface area contributed by atoms with Crippen molar-refractivity contribution in [3.05, 3.63) is 91.0 Å². The Morgan fingerprint density at radius 2 is 1.44 bits per heavy atom. The number of nitrogens with zero attached hydrogens (tertiary/aromatic N) is 8. The van der Waals surface area contributed by atoms with Crippen LogP contribution in [0, 0.1) is 6.07 Å². The Balaban J connectivity index is 0.000000196. The van der Waals surface area contributed by atoms with Crippen LogP contribution in [0.3, 0.4) is 0 Å². The Bertz CT molecular complexity index is 1280. The molecule has 0 N–H and O–H groups in total. The second-order valence-electron chi connectivity index (χ2n) is 8.42. The molecule has 0 bridgehead atoms. The molecule has 1 radical (unpaired) electrons. The summed E-state index contributed by atoms with van der Waals surface area (Å²) in [6, 6.07) is 20.6. The van der Waals surface area contributed by atoms with Crippen LogP contribution in [0.2, 0.25) is 0 Å². The number of hydrogen-bond acceptors (Lipinski definition) is 7. The number of hydrogen-bond donors (Lipinski definition) is 0. The van der Waals surface area contributed by atoms with E-state index >= 15 is 0 Å².